The number of urea groups is 1. The largest absolute Gasteiger partial charge is 0.416 e. The molecule has 2 aromatic carbocycles. The maximum Gasteiger partial charge on any atom is 0.416 e. The van der Waals surface area contributed by atoms with Gasteiger partial charge in [-0.25, -0.2) is 15.6 Å². The van der Waals surface area contributed by atoms with E-state index < -0.39 is 23.7 Å². The zero-order valence-corrected chi connectivity index (χ0v) is 14.8. The summed E-state index contributed by atoms with van der Waals surface area (Å²) >= 11 is 11.6. The molecule has 3 amide bonds. The van der Waals surface area contributed by atoms with Gasteiger partial charge in [0.25, 0.3) is 5.91 Å². The number of alkyl halides is 3. The van der Waals surface area contributed by atoms with Crippen LogP contribution in [0, 0.1) is 0 Å². The monoisotopic (exact) mass is 418 g/mol. The Morgan fingerprint density at radius 1 is 1.00 bits per heavy atom. The van der Waals surface area contributed by atoms with Gasteiger partial charge in [-0.15, -0.1) is 0 Å². The molecule has 0 heterocycles. The number of carbonyl (C=O) groups is 2. The molecular weight excluding hydrogens is 408 g/mol. The molecule has 0 atom stereocenters. The standard InChI is InChI=1S/C16H11Cl2F3N4O2/c17-11-5-6-12(13(18)7-11)14(26)23-25-15(27)24-22-8-9-1-3-10(4-2-9)16(19,20)21/h1-8H,(H,23,26)(H2,24,25,27)/b22-8+. The van der Waals surface area contributed by atoms with Gasteiger partial charge in [-0.2, -0.15) is 18.3 Å². The van der Waals surface area contributed by atoms with E-state index in [4.69, 9.17) is 23.2 Å². The van der Waals surface area contributed by atoms with Crippen molar-refractivity contribution in [3.05, 3.63) is 69.2 Å². The van der Waals surface area contributed by atoms with Gasteiger partial charge in [0.15, 0.2) is 0 Å². The fraction of sp³-hybridized carbons (Fsp3) is 0.0625. The highest BCUT2D eigenvalue weighted by Crippen LogP contribution is 2.28. The highest BCUT2D eigenvalue weighted by molar-refractivity contribution is 6.36. The molecule has 0 aliphatic rings. The van der Waals surface area contributed by atoms with Gasteiger partial charge in [0.1, 0.15) is 0 Å². The topological polar surface area (TPSA) is 82.6 Å². The van der Waals surface area contributed by atoms with Crippen molar-refractivity contribution in [2.75, 3.05) is 0 Å². The van der Waals surface area contributed by atoms with Crippen molar-refractivity contribution in [1.29, 1.82) is 0 Å². The lowest BCUT2D eigenvalue weighted by molar-refractivity contribution is -0.137. The summed E-state index contributed by atoms with van der Waals surface area (Å²) in [6, 6.07) is 7.48. The molecular formula is C16H11Cl2F3N4O2. The molecule has 0 unspecified atom stereocenters. The molecule has 0 bridgehead atoms. The van der Waals surface area contributed by atoms with Crippen LogP contribution in [0.1, 0.15) is 21.5 Å². The van der Waals surface area contributed by atoms with Gasteiger partial charge in [-0.05, 0) is 35.9 Å². The molecule has 27 heavy (non-hydrogen) atoms. The molecule has 2 rings (SSSR count). The number of hydrogen-bond acceptors (Lipinski definition) is 3. The molecule has 0 saturated carbocycles. The van der Waals surface area contributed by atoms with E-state index in [9.17, 15) is 22.8 Å². The SMILES string of the molecule is O=C(N/N=C/c1ccc(C(F)(F)F)cc1)NNC(=O)c1ccc(Cl)cc1Cl. The van der Waals surface area contributed by atoms with E-state index in [1.807, 2.05) is 10.9 Å². The molecule has 2 aromatic rings. The second-order valence-corrected chi connectivity index (χ2v) is 5.87. The van der Waals surface area contributed by atoms with Crippen LogP contribution in [0.2, 0.25) is 10.0 Å². The summed E-state index contributed by atoms with van der Waals surface area (Å²) in [4.78, 5) is 23.4. The van der Waals surface area contributed by atoms with Gasteiger partial charge >= 0.3 is 12.2 Å². The lowest BCUT2D eigenvalue weighted by Crippen LogP contribution is -2.45. The molecule has 0 aromatic heterocycles. The zero-order valence-electron chi connectivity index (χ0n) is 13.3. The normalized spacial score (nSPS) is 11.3. The Hall–Kier alpha value is -2.78. The predicted octanol–water partition coefficient (Wildman–Crippen LogP) is 3.99. The Balaban J connectivity index is 1.83. The zero-order chi connectivity index (χ0) is 20.0. The van der Waals surface area contributed by atoms with Crippen LogP contribution in [0.4, 0.5) is 18.0 Å². The third-order valence-electron chi connectivity index (χ3n) is 3.08. The minimum absolute atomic E-state index is 0.0922. The number of carbonyl (C=O) groups excluding carboxylic acids is 2. The molecule has 0 aliphatic heterocycles. The van der Waals surface area contributed by atoms with Crippen molar-refractivity contribution in [3.63, 3.8) is 0 Å². The van der Waals surface area contributed by atoms with Crippen molar-refractivity contribution >= 4 is 41.4 Å². The van der Waals surface area contributed by atoms with E-state index in [1.165, 1.54) is 30.3 Å². The lowest BCUT2D eigenvalue weighted by atomic mass is 10.1. The summed E-state index contributed by atoms with van der Waals surface area (Å²) in [5, 5.41) is 4.00. The average Bonchev–Trinajstić information content (AvgIpc) is 2.59. The number of hydrogen-bond donors (Lipinski definition) is 3. The number of benzene rings is 2. The van der Waals surface area contributed by atoms with E-state index in [-0.39, 0.29) is 10.6 Å². The number of nitrogens with one attached hydrogen (secondary N) is 3. The second kappa shape index (κ2) is 8.74. The minimum atomic E-state index is -4.43. The van der Waals surface area contributed by atoms with Gasteiger partial charge in [0.05, 0.1) is 22.4 Å². The van der Waals surface area contributed by atoms with Crippen LogP contribution in [0.15, 0.2) is 47.6 Å². The van der Waals surface area contributed by atoms with Crippen LogP contribution in [0.3, 0.4) is 0 Å². The summed E-state index contributed by atoms with van der Waals surface area (Å²) in [5.74, 6) is -0.682. The fourth-order valence-electron chi connectivity index (χ4n) is 1.81. The number of hydrazine groups is 1. The predicted molar refractivity (Wildman–Crippen MR) is 94.6 cm³/mol. The van der Waals surface area contributed by atoms with E-state index in [0.29, 0.717) is 10.6 Å². The molecule has 0 spiro atoms. The van der Waals surface area contributed by atoms with Gasteiger partial charge in [-0.1, -0.05) is 35.3 Å². The number of hydrazone groups is 1. The van der Waals surface area contributed by atoms with Crippen LogP contribution in [0.5, 0.6) is 0 Å². The Morgan fingerprint density at radius 3 is 2.26 bits per heavy atom. The van der Waals surface area contributed by atoms with Crippen molar-refractivity contribution in [2.45, 2.75) is 6.18 Å². The number of amides is 3. The summed E-state index contributed by atoms with van der Waals surface area (Å²) in [6.07, 6.45) is -3.30. The Morgan fingerprint density at radius 2 is 1.67 bits per heavy atom. The van der Waals surface area contributed by atoms with Gasteiger partial charge in [0.2, 0.25) is 0 Å². The van der Waals surface area contributed by atoms with Crippen LogP contribution in [-0.2, 0) is 6.18 Å². The molecule has 0 saturated heterocycles. The smallest absolute Gasteiger partial charge is 0.267 e. The number of rotatable bonds is 3. The average molecular weight is 419 g/mol. The first kappa shape index (κ1) is 20.5. The summed E-state index contributed by atoms with van der Waals surface area (Å²) < 4.78 is 37.3. The quantitative estimate of drug-likeness (QED) is 0.520. The molecule has 11 heteroatoms. The third kappa shape index (κ3) is 6.15. The van der Waals surface area contributed by atoms with Gasteiger partial charge in [-0.3, -0.25) is 10.2 Å². The lowest BCUT2D eigenvalue weighted by Gasteiger charge is -2.08. The van der Waals surface area contributed by atoms with Gasteiger partial charge < -0.3 is 0 Å². The van der Waals surface area contributed by atoms with Crippen molar-refractivity contribution in [1.82, 2.24) is 16.3 Å². The molecule has 0 radical (unpaired) electrons. The number of halogens is 5. The Bertz CT molecular complexity index is 871. The first-order chi connectivity index (χ1) is 12.7. The van der Waals surface area contributed by atoms with E-state index in [0.717, 1.165) is 18.3 Å². The number of nitrogens with zero attached hydrogens (tertiary/aromatic N) is 1. The van der Waals surface area contributed by atoms with E-state index in [2.05, 4.69) is 10.5 Å². The summed E-state index contributed by atoms with van der Waals surface area (Å²) in [5.41, 5.74) is 5.80. The Kier molecular flexibility index (Phi) is 6.65. The second-order valence-electron chi connectivity index (χ2n) is 5.02. The van der Waals surface area contributed by atoms with Crippen molar-refractivity contribution in [2.24, 2.45) is 5.10 Å². The van der Waals surface area contributed by atoms with Crippen LogP contribution >= 0.6 is 23.2 Å². The molecule has 142 valence electrons. The first-order valence-electron chi connectivity index (χ1n) is 7.18. The first-order valence-corrected chi connectivity index (χ1v) is 7.94. The molecule has 6 nitrogen and oxygen atoms in total. The summed E-state index contributed by atoms with van der Waals surface area (Å²) in [6.45, 7) is 0. The maximum absolute atomic E-state index is 12.4. The minimum Gasteiger partial charge on any atom is -0.267 e. The van der Waals surface area contributed by atoms with Gasteiger partial charge in [0, 0.05) is 5.02 Å². The maximum atomic E-state index is 12.4. The highest BCUT2D eigenvalue weighted by Gasteiger charge is 2.29. The van der Waals surface area contributed by atoms with Crippen molar-refractivity contribution in [3.8, 4) is 0 Å². The van der Waals surface area contributed by atoms with Crippen LogP contribution in [0.25, 0.3) is 0 Å². The van der Waals surface area contributed by atoms with E-state index >= 15 is 0 Å². The van der Waals surface area contributed by atoms with Crippen LogP contribution < -0.4 is 16.3 Å². The fourth-order valence-corrected chi connectivity index (χ4v) is 2.30. The molecule has 3 N–H and O–H groups in total. The highest BCUT2D eigenvalue weighted by atomic mass is 35.5. The molecule has 0 fully saturated rings. The Labute approximate surface area is 161 Å². The third-order valence-corrected chi connectivity index (χ3v) is 3.63. The molecule has 0 aliphatic carbocycles. The van der Waals surface area contributed by atoms with Crippen LogP contribution in [-0.4, -0.2) is 18.2 Å². The van der Waals surface area contributed by atoms with E-state index in [1.54, 1.807) is 0 Å². The summed E-state index contributed by atoms with van der Waals surface area (Å²) in [7, 11) is 0. The van der Waals surface area contributed by atoms with Crippen molar-refractivity contribution < 1.29 is 22.8 Å².